The fourth-order valence-corrected chi connectivity index (χ4v) is 5.78. The second-order valence-corrected chi connectivity index (χ2v) is 11.8. The summed E-state index contributed by atoms with van der Waals surface area (Å²) in [6.45, 7) is 3.74. The molecule has 0 bridgehead atoms. The molecule has 0 aliphatic carbocycles. The van der Waals surface area contributed by atoms with E-state index < -0.39 is 29.1 Å². The van der Waals surface area contributed by atoms with Gasteiger partial charge in [-0.15, -0.1) is 0 Å². The van der Waals surface area contributed by atoms with E-state index in [1.165, 1.54) is 30.3 Å². The maximum absolute atomic E-state index is 14.5. The second-order valence-electron chi connectivity index (χ2n) is 11.4. The lowest BCUT2D eigenvalue weighted by atomic mass is 10.0. The molecule has 3 heterocycles. The highest BCUT2D eigenvalue weighted by Gasteiger charge is 2.35. The summed E-state index contributed by atoms with van der Waals surface area (Å²) < 4.78 is 63.4. The summed E-state index contributed by atoms with van der Waals surface area (Å²) >= 11 is 6.20. The minimum Gasteiger partial charge on any atom is -0.487 e. The molecule has 3 N–H and O–H groups in total. The third kappa shape index (κ3) is 6.10. The highest BCUT2D eigenvalue weighted by Crippen LogP contribution is 2.42. The number of anilines is 2. The van der Waals surface area contributed by atoms with Crippen LogP contribution in [0.15, 0.2) is 85.1 Å². The topological polar surface area (TPSA) is 92.2 Å². The Morgan fingerprint density at radius 2 is 1.87 bits per heavy atom. The second kappa shape index (κ2) is 11.7. The van der Waals surface area contributed by atoms with Gasteiger partial charge >= 0.3 is 12.1 Å². The van der Waals surface area contributed by atoms with Gasteiger partial charge in [-0.3, -0.25) is 0 Å². The number of aromatic nitrogens is 3. The van der Waals surface area contributed by atoms with E-state index >= 15 is 0 Å². The molecule has 1 aliphatic rings. The van der Waals surface area contributed by atoms with E-state index in [9.17, 15) is 22.4 Å². The Labute approximate surface area is 265 Å². The summed E-state index contributed by atoms with van der Waals surface area (Å²) in [5, 5.41) is 12.6. The van der Waals surface area contributed by atoms with E-state index in [0.29, 0.717) is 28.8 Å². The molecule has 12 heteroatoms. The number of alkyl halides is 3. The maximum atomic E-state index is 14.5. The standard InChI is InChI=1S/C25H20ClF4N3O.C9H7NO2/c1-24(2)12-15-20(34-24)11-10-19-22(15)33(13-14-6-3-4-7-16(14)25(28,29)30)23(31-19)32-21-17(26)8-5-9-18(21)27;11-9(12)7-1-2-8-6(5-7)3-4-10-8/h3-11H,12-13H2,1-2H3,(H,31,32);1-5,10H,(H,11,12). The van der Waals surface area contributed by atoms with Gasteiger partial charge < -0.3 is 24.7 Å². The van der Waals surface area contributed by atoms with Gasteiger partial charge in [0, 0.05) is 29.1 Å². The van der Waals surface area contributed by atoms with Gasteiger partial charge in [0.2, 0.25) is 5.95 Å². The van der Waals surface area contributed by atoms with E-state index in [0.717, 1.165) is 22.5 Å². The Balaban J connectivity index is 0.000000259. The molecule has 6 aromatic rings. The van der Waals surface area contributed by atoms with Crippen LogP contribution in [-0.2, 0) is 19.1 Å². The van der Waals surface area contributed by atoms with Crippen molar-refractivity contribution in [2.24, 2.45) is 0 Å². The molecule has 7 nitrogen and oxygen atoms in total. The van der Waals surface area contributed by atoms with Gasteiger partial charge in [-0.25, -0.2) is 14.2 Å². The average molecular weight is 651 g/mol. The lowest BCUT2D eigenvalue weighted by Gasteiger charge is -2.17. The van der Waals surface area contributed by atoms with Crippen LogP contribution >= 0.6 is 11.6 Å². The van der Waals surface area contributed by atoms with Crippen LogP contribution in [-0.4, -0.2) is 31.2 Å². The molecule has 1 aliphatic heterocycles. The number of rotatable bonds is 5. The van der Waals surface area contributed by atoms with Crippen LogP contribution in [0.2, 0.25) is 5.02 Å². The Bertz CT molecular complexity index is 2080. The summed E-state index contributed by atoms with van der Waals surface area (Å²) in [6, 6.07) is 20.0. The fourth-order valence-electron chi connectivity index (χ4n) is 5.57. The van der Waals surface area contributed by atoms with Crippen LogP contribution in [0.1, 0.15) is 40.9 Å². The van der Waals surface area contributed by atoms with Gasteiger partial charge in [0.25, 0.3) is 0 Å². The number of hydrogen-bond acceptors (Lipinski definition) is 4. The van der Waals surface area contributed by atoms with Gasteiger partial charge in [-0.2, -0.15) is 13.2 Å². The number of fused-ring (bicyclic) bond motifs is 4. The number of H-pyrrole nitrogens is 1. The van der Waals surface area contributed by atoms with Crippen LogP contribution in [0.3, 0.4) is 0 Å². The third-order valence-electron chi connectivity index (χ3n) is 7.61. The molecule has 2 aromatic heterocycles. The molecule has 0 unspecified atom stereocenters. The summed E-state index contributed by atoms with van der Waals surface area (Å²) in [5.74, 6) is -0.662. The number of ether oxygens (including phenoxy) is 1. The fraction of sp³-hybridized carbons (Fsp3) is 0.176. The van der Waals surface area contributed by atoms with E-state index in [1.807, 2.05) is 19.9 Å². The van der Waals surface area contributed by atoms with Crippen LogP contribution in [0.25, 0.3) is 21.9 Å². The van der Waals surface area contributed by atoms with E-state index in [1.54, 1.807) is 47.2 Å². The Hall–Kier alpha value is -5.03. The Morgan fingerprint density at radius 1 is 1.09 bits per heavy atom. The van der Waals surface area contributed by atoms with Crippen LogP contribution in [0.5, 0.6) is 5.75 Å². The first-order valence-electron chi connectivity index (χ1n) is 14.2. The third-order valence-corrected chi connectivity index (χ3v) is 7.93. The first-order chi connectivity index (χ1) is 21.8. The predicted molar refractivity (Wildman–Crippen MR) is 169 cm³/mol. The minimum atomic E-state index is -4.53. The van der Waals surface area contributed by atoms with Crippen LogP contribution < -0.4 is 10.1 Å². The van der Waals surface area contributed by atoms with Gasteiger partial charge in [0.15, 0.2) is 0 Å². The highest BCUT2D eigenvalue weighted by atomic mass is 35.5. The van der Waals surface area contributed by atoms with Crippen molar-refractivity contribution >= 4 is 51.1 Å². The first-order valence-corrected chi connectivity index (χ1v) is 14.6. The van der Waals surface area contributed by atoms with Crippen LogP contribution in [0.4, 0.5) is 29.2 Å². The SMILES string of the molecule is CC1(C)Cc2c(ccc3nc(Nc4c(F)cccc4Cl)n(Cc4ccccc4C(F)(F)F)c23)O1.O=C(O)c1ccc2[nH]ccc2c1. The molecule has 0 saturated carbocycles. The predicted octanol–water partition coefficient (Wildman–Crippen LogP) is 9.22. The van der Waals surface area contributed by atoms with E-state index in [2.05, 4.69) is 15.3 Å². The van der Waals surface area contributed by atoms with Gasteiger partial charge in [0.05, 0.1) is 39.4 Å². The molecule has 0 atom stereocenters. The van der Waals surface area contributed by atoms with Crippen molar-refractivity contribution in [3.63, 3.8) is 0 Å². The van der Waals surface area contributed by atoms with Crippen molar-refractivity contribution in [1.82, 2.24) is 14.5 Å². The van der Waals surface area contributed by atoms with E-state index in [4.69, 9.17) is 21.4 Å². The average Bonchev–Trinajstić information content (AvgIpc) is 3.69. The molecule has 4 aromatic carbocycles. The Kier molecular flexibility index (Phi) is 7.89. The monoisotopic (exact) mass is 650 g/mol. The summed E-state index contributed by atoms with van der Waals surface area (Å²) in [5.41, 5.74) is 2.16. The molecule has 0 fully saturated rings. The smallest absolute Gasteiger partial charge is 0.416 e. The van der Waals surface area contributed by atoms with Crippen molar-refractivity contribution < 1.29 is 32.2 Å². The number of carboxylic acids is 1. The zero-order chi connectivity index (χ0) is 32.8. The van der Waals surface area contributed by atoms with Crippen molar-refractivity contribution in [3.05, 3.63) is 118 Å². The van der Waals surface area contributed by atoms with Crippen molar-refractivity contribution in [2.75, 3.05) is 5.32 Å². The summed E-state index contributed by atoms with van der Waals surface area (Å²) in [4.78, 5) is 18.1. The first kappa shape index (κ1) is 31.0. The largest absolute Gasteiger partial charge is 0.487 e. The lowest BCUT2D eigenvalue weighted by molar-refractivity contribution is -0.138. The number of carbonyl (C=O) groups is 1. The normalized spacial score (nSPS) is 13.6. The summed E-state index contributed by atoms with van der Waals surface area (Å²) in [7, 11) is 0. The highest BCUT2D eigenvalue weighted by molar-refractivity contribution is 6.33. The molecule has 0 saturated heterocycles. The van der Waals surface area contributed by atoms with Gasteiger partial charge in [-0.1, -0.05) is 35.9 Å². The quantitative estimate of drug-likeness (QED) is 0.162. The number of aromatic amines is 1. The van der Waals surface area contributed by atoms with Crippen molar-refractivity contribution in [2.45, 2.75) is 38.6 Å². The minimum absolute atomic E-state index is 0.00180. The maximum Gasteiger partial charge on any atom is 0.416 e. The molecular formula is C34H27ClF4N4O3. The number of hydrogen-bond donors (Lipinski definition) is 3. The number of aromatic carboxylic acids is 1. The molecular weight excluding hydrogens is 624 g/mol. The molecule has 46 heavy (non-hydrogen) atoms. The molecule has 236 valence electrons. The number of nitrogens with zero attached hydrogens (tertiary/aromatic N) is 2. The number of para-hydroxylation sites is 1. The van der Waals surface area contributed by atoms with E-state index in [-0.39, 0.29) is 28.8 Å². The number of imidazole rings is 1. The van der Waals surface area contributed by atoms with Gasteiger partial charge in [0.1, 0.15) is 17.2 Å². The number of carboxylic acid groups (broad SMARTS) is 1. The number of nitrogens with one attached hydrogen (secondary N) is 2. The van der Waals surface area contributed by atoms with Crippen LogP contribution in [0, 0.1) is 5.82 Å². The van der Waals surface area contributed by atoms with Gasteiger partial charge in [-0.05, 0) is 74.0 Å². The number of benzene rings is 4. The molecule has 0 spiro atoms. The van der Waals surface area contributed by atoms with Crippen molar-refractivity contribution in [1.29, 1.82) is 0 Å². The molecule has 0 amide bonds. The Morgan fingerprint density at radius 3 is 2.61 bits per heavy atom. The zero-order valence-electron chi connectivity index (χ0n) is 24.5. The lowest BCUT2D eigenvalue weighted by Crippen LogP contribution is -2.24. The summed E-state index contributed by atoms with van der Waals surface area (Å²) in [6.07, 6.45) is -2.19. The molecule has 7 rings (SSSR count). The van der Waals surface area contributed by atoms with Crippen molar-refractivity contribution in [3.8, 4) is 5.75 Å². The zero-order valence-corrected chi connectivity index (χ0v) is 25.3. The number of halogens is 5. The molecule has 0 radical (unpaired) electrons.